The average molecular weight is 496 g/mol. The molecule has 0 unspecified atom stereocenters. The number of thiophene rings is 1. The van der Waals surface area contributed by atoms with Gasteiger partial charge >= 0.3 is 5.97 Å². The average Bonchev–Trinajstić information content (AvgIpc) is 3.64. The Morgan fingerprint density at radius 3 is 2.83 bits per heavy atom. The molecule has 0 aliphatic carbocycles. The second-order valence-corrected chi connectivity index (χ2v) is 10.1. The molecule has 1 N–H and O–H groups in total. The van der Waals surface area contributed by atoms with E-state index < -0.39 is 0 Å². The molecule has 0 amide bonds. The fourth-order valence-electron chi connectivity index (χ4n) is 4.62. The Morgan fingerprint density at radius 2 is 2.00 bits per heavy atom. The summed E-state index contributed by atoms with van der Waals surface area (Å²) in [5, 5.41) is 2.99. The Labute approximate surface area is 212 Å². The molecular weight excluding hydrogens is 470 g/mol. The van der Waals surface area contributed by atoms with Crippen molar-refractivity contribution in [3.63, 3.8) is 0 Å². The maximum atomic E-state index is 12.6. The van der Waals surface area contributed by atoms with Crippen LogP contribution < -0.4 is 0 Å². The smallest absolute Gasteiger partial charge is 0.348 e. The predicted molar refractivity (Wildman–Crippen MR) is 142 cm³/mol. The van der Waals surface area contributed by atoms with E-state index in [1.54, 1.807) is 6.33 Å². The number of esters is 1. The first-order valence-electron chi connectivity index (χ1n) is 11.9. The van der Waals surface area contributed by atoms with Crippen LogP contribution in [0.4, 0.5) is 0 Å². The Kier molecular flexibility index (Phi) is 5.83. The molecule has 180 valence electrons. The standard InChI is InChI=1S/C28H25N5O2S/c1-17-4-3-5-24(32-17)27-26(30-16-31-27)18-6-7-23-19(10-18)11-20(13-29-23)21-12-25(36-15-21)28(34)35-22-8-9-33(2)14-22/h3-7,10-13,15-16,22H,8-9,14H2,1-2H3,(H,30,31)/t22-/m1/s1. The summed E-state index contributed by atoms with van der Waals surface area (Å²) in [4.78, 5) is 32.6. The van der Waals surface area contributed by atoms with E-state index in [0.717, 1.165) is 69.9 Å². The van der Waals surface area contributed by atoms with Gasteiger partial charge in [-0.3, -0.25) is 9.97 Å². The number of imidazole rings is 1. The number of nitrogens with zero attached hydrogens (tertiary/aromatic N) is 4. The number of nitrogens with one attached hydrogen (secondary N) is 1. The Hall–Kier alpha value is -3.88. The highest BCUT2D eigenvalue weighted by atomic mass is 32.1. The van der Waals surface area contributed by atoms with Crippen LogP contribution in [-0.2, 0) is 4.74 Å². The molecule has 36 heavy (non-hydrogen) atoms. The fraction of sp³-hybridized carbons (Fsp3) is 0.214. The molecule has 5 heterocycles. The van der Waals surface area contributed by atoms with E-state index in [0.29, 0.717) is 4.88 Å². The number of likely N-dealkylation sites (tertiary alicyclic amines) is 1. The van der Waals surface area contributed by atoms with E-state index in [4.69, 9.17) is 4.74 Å². The van der Waals surface area contributed by atoms with Gasteiger partial charge in [-0.1, -0.05) is 12.1 Å². The van der Waals surface area contributed by atoms with Crippen molar-refractivity contribution in [1.29, 1.82) is 0 Å². The van der Waals surface area contributed by atoms with Gasteiger partial charge in [-0.2, -0.15) is 0 Å². The summed E-state index contributed by atoms with van der Waals surface area (Å²) in [6.07, 6.45) is 4.40. The minimum Gasteiger partial charge on any atom is -0.457 e. The summed E-state index contributed by atoms with van der Waals surface area (Å²) < 4.78 is 5.70. The normalized spacial score (nSPS) is 16.0. The number of aromatic nitrogens is 4. The molecule has 0 radical (unpaired) electrons. The number of fused-ring (bicyclic) bond motifs is 1. The molecule has 4 aromatic heterocycles. The zero-order valence-electron chi connectivity index (χ0n) is 20.1. The minimum absolute atomic E-state index is 0.0317. The zero-order valence-corrected chi connectivity index (χ0v) is 20.9. The molecule has 0 spiro atoms. The fourth-order valence-corrected chi connectivity index (χ4v) is 5.42. The van der Waals surface area contributed by atoms with Crippen LogP contribution >= 0.6 is 11.3 Å². The topological polar surface area (TPSA) is 84.0 Å². The van der Waals surface area contributed by atoms with Gasteiger partial charge in [-0.05, 0) is 67.7 Å². The number of benzene rings is 1. The Morgan fingerprint density at radius 1 is 1.11 bits per heavy atom. The van der Waals surface area contributed by atoms with Gasteiger partial charge in [0, 0.05) is 41.5 Å². The molecule has 1 aliphatic heterocycles. The van der Waals surface area contributed by atoms with Gasteiger partial charge in [-0.15, -0.1) is 11.3 Å². The lowest BCUT2D eigenvalue weighted by molar-refractivity contribution is 0.0333. The summed E-state index contributed by atoms with van der Waals surface area (Å²) in [5.74, 6) is -0.251. The number of likely N-dealkylation sites (N-methyl/N-ethyl adjacent to an activating group) is 1. The van der Waals surface area contributed by atoms with Crippen LogP contribution in [0.3, 0.4) is 0 Å². The van der Waals surface area contributed by atoms with Gasteiger partial charge in [0.1, 0.15) is 11.0 Å². The number of aryl methyl sites for hydroxylation is 1. The molecule has 1 aliphatic rings. The van der Waals surface area contributed by atoms with Gasteiger partial charge in [0.05, 0.1) is 28.9 Å². The van der Waals surface area contributed by atoms with Gasteiger partial charge in [0.15, 0.2) is 0 Å². The first-order valence-corrected chi connectivity index (χ1v) is 12.8. The molecular formula is C28H25N5O2S. The van der Waals surface area contributed by atoms with Crippen molar-refractivity contribution < 1.29 is 9.53 Å². The van der Waals surface area contributed by atoms with Crippen molar-refractivity contribution in [3.05, 3.63) is 77.0 Å². The van der Waals surface area contributed by atoms with E-state index in [9.17, 15) is 4.79 Å². The zero-order chi connectivity index (χ0) is 24.6. The van der Waals surface area contributed by atoms with E-state index in [1.807, 2.05) is 61.9 Å². The first-order chi connectivity index (χ1) is 17.5. The first kappa shape index (κ1) is 22.6. The molecule has 6 rings (SSSR count). The predicted octanol–water partition coefficient (Wildman–Crippen LogP) is 5.58. The number of carbonyl (C=O) groups is 1. The lowest BCUT2D eigenvalue weighted by atomic mass is 10.0. The number of rotatable bonds is 5. The number of hydrogen-bond acceptors (Lipinski definition) is 7. The van der Waals surface area contributed by atoms with Crippen LogP contribution in [0.2, 0.25) is 0 Å². The number of H-pyrrole nitrogens is 1. The minimum atomic E-state index is -0.251. The molecule has 1 fully saturated rings. The Balaban J connectivity index is 1.29. The lowest BCUT2D eigenvalue weighted by Crippen LogP contribution is -2.21. The molecule has 0 bridgehead atoms. The molecule has 1 saturated heterocycles. The number of pyridine rings is 2. The highest BCUT2D eigenvalue weighted by molar-refractivity contribution is 7.12. The largest absolute Gasteiger partial charge is 0.457 e. The van der Waals surface area contributed by atoms with Gasteiger partial charge < -0.3 is 14.6 Å². The van der Waals surface area contributed by atoms with Crippen molar-refractivity contribution in [1.82, 2.24) is 24.8 Å². The van der Waals surface area contributed by atoms with Crippen molar-refractivity contribution in [2.24, 2.45) is 0 Å². The highest BCUT2D eigenvalue weighted by Crippen LogP contribution is 2.32. The van der Waals surface area contributed by atoms with Crippen LogP contribution in [0.25, 0.3) is 44.7 Å². The second-order valence-electron chi connectivity index (χ2n) is 9.20. The molecule has 0 saturated carbocycles. The van der Waals surface area contributed by atoms with Crippen LogP contribution in [0.5, 0.6) is 0 Å². The van der Waals surface area contributed by atoms with Gasteiger partial charge in [-0.25, -0.2) is 9.78 Å². The maximum absolute atomic E-state index is 12.6. The van der Waals surface area contributed by atoms with Crippen molar-refractivity contribution >= 4 is 28.2 Å². The van der Waals surface area contributed by atoms with E-state index in [-0.39, 0.29) is 12.1 Å². The number of ether oxygens (including phenoxy) is 1. The summed E-state index contributed by atoms with van der Waals surface area (Å²) in [7, 11) is 2.04. The van der Waals surface area contributed by atoms with Crippen molar-refractivity contribution in [2.45, 2.75) is 19.4 Å². The van der Waals surface area contributed by atoms with Crippen LogP contribution in [0.15, 0.2) is 66.4 Å². The van der Waals surface area contributed by atoms with Crippen LogP contribution in [0.1, 0.15) is 21.8 Å². The molecule has 1 atom stereocenters. The van der Waals surface area contributed by atoms with E-state index in [2.05, 4.69) is 37.0 Å². The van der Waals surface area contributed by atoms with Crippen molar-refractivity contribution in [2.75, 3.05) is 20.1 Å². The molecule has 1 aromatic carbocycles. The quantitative estimate of drug-likeness (QED) is 0.320. The van der Waals surface area contributed by atoms with E-state index >= 15 is 0 Å². The summed E-state index contributed by atoms with van der Waals surface area (Å²) in [5.41, 5.74) is 7.34. The third kappa shape index (κ3) is 4.41. The lowest BCUT2D eigenvalue weighted by Gasteiger charge is -2.11. The third-order valence-corrected chi connectivity index (χ3v) is 7.40. The highest BCUT2D eigenvalue weighted by Gasteiger charge is 2.24. The van der Waals surface area contributed by atoms with Gasteiger partial charge in [0.25, 0.3) is 0 Å². The third-order valence-electron chi connectivity index (χ3n) is 6.49. The Bertz CT molecular complexity index is 1570. The second kappa shape index (κ2) is 9.29. The number of carbonyl (C=O) groups excluding carboxylic acids is 1. The van der Waals surface area contributed by atoms with Crippen LogP contribution in [-0.4, -0.2) is 57.0 Å². The molecule has 8 heteroatoms. The van der Waals surface area contributed by atoms with E-state index in [1.165, 1.54) is 11.3 Å². The SMILES string of the molecule is Cc1cccc(-c2[nH]cnc2-c2ccc3ncc(-c4csc(C(=O)O[C@@H]5CCN(C)C5)c4)cc3c2)n1. The number of hydrogen-bond donors (Lipinski definition) is 1. The summed E-state index contributed by atoms with van der Waals surface area (Å²) >= 11 is 1.41. The van der Waals surface area contributed by atoms with Crippen LogP contribution in [0, 0.1) is 6.92 Å². The number of aromatic amines is 1. The van der Waals surface area contributed by atoms with Gasteiger partial charge in [0.2, 0.25) is 0 Å². The maximum Gasteiger partial charge on any atom is 0.348 e. The summed E-state index contributed by atoms with van der Waals surface area (Å²) in [6.45, 7) is 3.73. The monoisotopic (exact) mass is 495 g/mol. The van der Waals surface area contributed by atoms with Crippen molar-refractivity contribution in [3.8, 4) is 33.8 Å². The molecule has 7 nitrogen and oxygen atoms in total. The molecule has 5 aromatic rings. The summed E-state index contributed by atoms with van der Waals surface area (Å²) in [6, 6.07) is 16.1.